The minimum absolute atomic E-state index is 0.651. The lowest BCUT2D eigenvalue weighted by Gasteiger charge is -2.26. The molecule has 1 aliphatic rings. The maximum Gasteiger partial charge on any atom is 0.0635 e. The van der Waals surface area contributed by atoms with Crippen molar-refractivity contribution in [2.24, 2.45) is 5.92 Å². The molecule has 0 spiro atoms. The van der Waals surface area contributed by atoms with Crippen LogP contribution in [-0.4, -0.2) is 23.4 Å². The van der Waals surface area contributed by atoms with Crippen molar-refractivity contribution in [3.05, 3.63) is 16.4 Å². The molecule has 1 aliphatic carbocycles. The number of aromatic nitrogens is 2. The molecule has 2 atom stereocenters. The molecule has 4 heteroatoms. The van der Waals surface area contributed by atoms with Gasteiger partial charge in [-0.05, 0) is 54.7 Å². The number of hydrogen-bond donors (Lipinski definition) is 1. The van der Waals surface area contributed by atoms with Crippen molar-refractivity contribution < 1.29 is 0 Å². The molecule has 1 N–H and O–H groups in total. The van der Waals surface area contributed by atoms with E-state index < -0.39 is 0 Å². The number of halogens is 1. The van der Waals surface area contributed by atoms with Crippen LogP contribution in [0.5, 0.6) is 0 Å². The highest BCUT2D eigenvalue weighted by Gasteiger charge is 2.29. The summed E-state index contributed by atoms with van der Waals surface area (Å²) < 4.78 is 3.43. The van der Waals surface area contributed by atoms with E-state index in [0.717, 1.165) is 25.4 Å². The van der Waals surface area contributed by atoms with Crippen LogP contribution in [0.3, 0.4) is 0 Å². The van der Waals surface area contributed by atoms with Crippen molar-refractivity contribution in [1.29, 1.82) is 0 Å². The van der Waals surface area contributed by atoms with Gasteiger partial charge in [-0.2, -0.15) is 5.10 Å². The van der Waals surface area contributed by atoms with Crippen LogP contribution in [0.15, 0.2) is 10.7 Å². The molecule has 108 valence electrons. The first kappa shape index (κ1) is 15.0. The maximum atomic E-state index is 4.56. The molecule has 2 rings (SSSR count). The lowest BCUT2D eigenvalue weighted by molar-refractivity contribution is 0.363. The van der Waals surface area contributed by atoms with Crippen LogP contribution in [0.25, 0.3) is 0 Å². The third kappa shape index (κ3) is 3.60. The third-order valence-corrected chi connectivity index (χ3v) is 4.86. The lowest BCUT2D eigenvalue weighted by atomic mass is 9.85. The van der Waals surface area contributed by atoms with Crippen molar-refractivity contribution >= 4 is 15.9 Å². The summed E-state index contributed by atoms with van der Waals surface area (Å²) in [5, 5.41) is 7.94. The fourth-order valence-electron chi connectivity index (χ4n) is 3.38. The Balaban J connectivity index is 2.27. The SMILES string of the molecule is CCCn1ncc(Br)c1C1CCCCCC1CNC. The van der Waals surface area contributed by atoms with Crippen molar-refractivity contribution in [2.75, 3.05) is 13.6 Å². The Morgan fingerprint density at radius 3 is 2.89 bits per heavy atom. The van der Waals surface area contributed by atoms with E-state index in [2.05, 4.69) is 45.0 Å². The summed E-state index contributed by atoms with van der Waals surface area (Å²) in [4.78, 5) is 0. The normalized spacial score (nSPS) is 24.4. The summed E-state index contributed by atoms with van der Waals surface area (Å²) in [6, 6.07) is 0. The van der Waals surface area contributed by atoms with Gasteiger partial charge in [0.15, 0.2) is 0 Å². The number of hydrogen-bond acceptors (Lipinski definition) is 2. The molecule has 19 heavy (non-hydrogen) atoms. The Morgan fingerprint density at radius 1 is 1.37 bits per heavy atom. The van der Waals surface area contributed by atoms with Crippen molar-refractivity contribution in [3.8, 4) is 0 Å². The molecule has 2 unspecified atom stereocenters. The predicted octanol–water partition coefficient (Wildman–Crippen LogP) is 3.94. The van der Waals surface area contributed by atoms with Crippen molar-refractivity contribution in [3.63, 3.8) is 0 Å². The Labute approximate surface area is 125 Å². The van der Waals surface area contributed by atoms with Crippen molar-refractivity contribution in [2.45, 2.75) is 57.9 Å². The molecule has 1 heterocycles. The average Bonchev–Trinajstić information content (AvgIpc) is 2.62. The smallest absolute Gasteiger partial charge is 0.0635 e. The Morgan fingerprint density at radius 2 is 2.16 bits per heavy atom. The van der Waals surface area contributed by atoms with E-state index in [9.17, 15) is 0 Å². The first-order valence-corrected chi connectivity index (χ1v) is 8.43. The molecule has 1 aromatic heterocycles. The average molecular weight is 328 g/mol. The highest BCUT2D eigenvalue weighted by atomic mass is 79.9. The van der Waals surface area contributed by atoms with Gasteiger partial charge in [0.05, 0.1) is 16.4 Å². The first-order valence-electron chi connectivity index (χ1n) is 7.63. The van der Waals surface area contributed by atoms with E-state index in [4.69, 9.17) is 0 Å². The number of rotatable bonds is 5. The summed E-state index contributed by atoms with van der Waals surface area (Å²) >= 11 is 3.72. The summed E-state index contributed by atoms with van der Waals surface area (Å²) in [6.45, 7) is 4.37. The Kier molecular flexibility index (Phi) is 5.89. The van der Waals surface area contributed by atoms with Gasteiger partial charge in [-0.1, -0.05) is 26.2 Å². The second-order valence-electron chi connectivity index (χ2n) is 5.66. The predicted molar refractivity (Wildman–Crippen MR) is 83.5 cm³/mol. The number of nitrogens with one attached hydrogen (secondary N) is 1. The largest absolute Gasteiger partial charge is 0.319 e. The Bertz CT molecular complexity index is 389. The molecular formula is C15H26BrN3. The molecule has 0 bridgehead atoms. The molecule has 1 fully saturated rings. The molecule has 1 aromatic rings. The summed E-state index contributed by atoms with van der Waals surface area (Å²) in [6.07, 6.45) is 9.89. The fraction of sp³-hybridized carbons (Fsp3) is 0.800. The molecule has 1 saturated carbocycles. The number of aryl methyl sites for hydroxylation is 1. The van der Waals surface area contributed by atoms with Gasteiger partial charge in [-0.3, -0.25) is 4.68 Å². The molecule has 0 aromatic carbocycles. The summed E-state index contributed by atoms with van der Waals surface area (Å²) in [7, 11) is 2.07. The minimum atomic E-state index is 0.651. The first-order chi connectivity index (χ1) is 9.27. The van der Waals surface area contributed by atoms with E-state index in [1.54, 1.807) is 0 Å². The molecule has 0 radical (unpaired) electrons. The molecule has 3 nitrogen and oxygen atoms in total. The quantitative estimate of drug-likeness (QED) is 0.830. The van der Waals surface area contributed by atoms with Crippen molar-refractivity contribution in [1.82, 2.24) is 15.1 Å². The highest BCUT2D eigenvalue weighted by molar-refractivity contribution is 9.10. The third-order valence-electron chi connectivity index (χ3n) is 4.25. The number of nitrogens with zero attached hydrogens (tertiary/aromatic N) is 2. The van der Waals surface area contributed by atoms with E-state index in [0.29, 0.717) is 5.92 Å². The minimum Gasteiger partial charge on any atom is -0.319 e. The zero-order valence-electron chi connectivity index (χ0n) is 12.2. The van der Waals surface area contributed by atoms with Crippen LogP contribution < -0.4 is 5.32 Å². The molecule has 0 aliphatic heterocycles. The maximum absolute atomic E-state index is 4.56. The zero-order chi connectivity index (χ0) is 13.7. The molecule has 0 amide bonds. The van der Waals surface area contributed by atoms with Gasteiger partial charge in [-0.15, -0.1) is 0 Å². The van der Waals surface area contributed by atoms with Gasteiger partial charge in [0.1, 0.15) is 0 Å². The van der Waals surface area contributed by atoms with Crippen LogP contribution in [0.4, 0.5) is 0 Å². The van der Waals surface area contributed by atoms with Gasteiger partial charge < -0.3 is 5.32 Å². The van der Waals surface area contributed by atoms with Crippen LogP contribution in [0.1, 0.15) is 57.1 Å². The summed E-state index contributed by atoms with van der Waals surface area (Å²) in [5.74, 6) is 1.40. The van der Waals surface area contributed by atoms with Gasteiger partial charge >= 0.3 is 0 Å². The second kappa shape index (κ2) is 7.44. The van der Waals surface area contributed by atoms with Gasteiger partial charge in [0.2, 0.25) is 0 Å². The van der Waals surface area contributed by atoms with Gasteiger partial charge in [0.25, 0.3) is 0 Å². The fourth-order valence-corrected chi connectivity index (χ4v) is 3.97. The van der Waals surface area contributed by atoms with E-state index >= 15 is 0 Å². The van der Waals surface area contributed by atoms with Crippen LogP contribution in [0, 0.1) is 5.92 Å². The lowest BCUT2D eigenvalue weighted by Crippen LogP contribution is -2.26. The van der Waals surface area contributed by atoms with Crippen LogP contribution in [0.2, 0.25) is 0 Å². The van der Waals surface area contributed by atoms with Gasteiger partial charge in [-0.25, -0.2) is 0 Å². The zero-order valence-corrected chi connectivity index (χ0v) is 13.7. The van der Waals surface area contributed by atoms with E-state index in [1.165, 1.54) is 42.3 Å². The van der Waals surface area contributed by atoms with Gasteiger partial charge in [0, 0.05) is 12.5 Å². The topological polar surface area (TPSA) is 29.9 Å². The molecular weight excluding hydrogens is 302 g/mol. The second-order valence-corrected chi connectivity index (χ2v) is 6.52. The summed E-state index contributed by atoms with van der Waals surface area (Å²) in [5.41, 5.74) is 1.43. The van der Waals surface area contributed by atoms with Crippen LogP contribution >= 0.6 is 15.9 Å². The monoisotopic (exact) mass is 327 g/mol. The standard InChI is InChI=1S/C15H26BrN3/c1-3-9-19-15(14(16)11-18-19)13-8-6-4-5-7-12(13)10-17-2/h11-13,17H,3-10H2,1-2H3. The molecule has 0 saturated heterocycles. The Hall–Kier alpha value is -0.350. The van der Waals surface area contributed by atoms with E-state index in [-0.39, 0.29) is 0 Å². The van der Waals surface area contributed by atoms with Crippen LogP contribution in [-0.2, 0) is 6.54 Å². The van der Waals surface area contributed by atoms with E-state index in [1.807, 2.05) is 6.20 Å². The highest BCUT2D eigenvalue weighted by Crippen LogP contribution is 2.39.